The lowest BCUT2D eigenvalue weighted by molar-refractivity contribution is -0.386. The van der Waals surface area contributed by atoms with Crippen LogP contribution in [-0.2, 0) is 6.18 Å². The molecule has 2 aliphatic heterocycles. The monoisotopic (exact) mass is 502 g/mol. The fourth-order valence-corrected chi connectivity index (χ4v) is 4.42. The van der Waals surface area contributed by atoms with Crippen LogP contribution in [0.25, 0.3) is 6.08 Å². The summed E-state index contributed by atoms with van der Waals surface area (Å²) in [6.07, 6.45) is 4.69. The smallest absolute Gasteiger partial charge is 0.416 e. The molecule has 0 spiro atoms. The molecule has 2 aliphatic rings. The molecular weight excluding hydrogens is 473 g/mol. The Bertz CT molecular complexity index is 1120. The minimum Gasteiger partial charge on any atom is -0.482 e. The molecule has 2 N–H and O–H groups in total. The molecule has 0 radical (unpaired) electrons. The van der Waals surface area contributed by atoms with Gasteiger partial charge in [0.2, 0.25) is 0 Å². The average molecular weight is 503 g/mol. The third-order valence-electron chi connectivity index (χ3n) is 6.55. The van der Waals surface area contributed by atoms with Gasteiger partial charge in [0.05, 0.1) is 10.5 Å². The first-order valence-corrected chi connectivity index (χ1v) is 11.8. The number of halogens is 3. The first-order valence-electron chi connectivity index (χ1n) is 11.8. The van der Waals surface area contributed by atoms with Gasteiger partial charge in [-0.25, -0.2) is 0 Å². The van der Waals surface area contributed by atoms with Gasteiger partial charge in [-0.1, -0.05) is 30.4 Å². The maximum atomic E-state index is 12.7. The minimum atomic E-state index is -4.33. The fraction of sp³-hybridized carbons (Fsp3) is 0.385. The number of benzene rings is 2. The molecule has 0 unspecified atom stereocenters. The van der Waals surface area contributed by atoms with Gasteiger partial charge in [0.25, 0.3) is 0 Å². The maximum Gasteiger partial charge on any atom is 0.416 e. The second-order valence-electron chi connectivity index (χ2n) is 9.32. The van der Waals surface area contributed by atoms with Gasteiger partial charge in [0.15, 0.2) is 5.75 Å². The van der Waals surface area contributed by atoms with Crippen LogP contribution in [-0.4, -0.2) is 41.7 Å². The molecule has 1 saturated heterocycles. The number of likely N-dealkylation sites (tertiary alicyclic amines) is 1. The summed E-state index contributed by atoms with van der Waals surface area (Å²) in [6, 6.07) is 10.3. The van der Waals surface area contributed by atoms with Gasteiger partial charge in [-0.3, -0.25) is 15.0 Å². The molecule has 1 fully saturated rings. The number of hydrogen-bond donors (Lipinski definition) is 2. The predicted octanol–water partition coefficient (Wildman–Crippen LogP) is 5.27. The van der Waals surface area contributed by atoms with Crippen LogP contribution in [0.15, 0.2) is 60.9 Å². The molecule has 192 valence electrons. The van der Waals surface area contributed by atoms with E-state index in [0.29, 0.717) is 6.54 Å². The Kier molecular flexibility index (Phi) is 7.53. The van der Waals surface area contributed by atoms with Crippen molar-refractivity contribution in [3.63, 3.8) is 0 Å². The van der Waals surface area contributed by atoms with Crippen LogP contribution in [0.1, 0.15) is 42.4 Å². The van der Waals surface area contributed by atoms with Crippen LogP contribution in [0, 0.1) is 10.1 Å². The summed E-state index contributed by atoms with van der Waals surface area (Å²) in [7, 11) is 0. The van der Waals surface area contributed by atoms with E-state index in [0.717, 1.165) is 49.2 Å². The Hall–Kier alpha value is -3.53. The molecule has 10 heteroatoms. The molecule has 0 amide bonds. The number of hydrogen-bond acceptors (Lipinski definition) is 6. The number of rotatable bonds is 8. The second-order valence-corrected chi connectivity index (χ2v) is 9.32. The number of piperidine rings is 1. The molecule has 36 heavy (non-hydrogen) atoms. The zero-order chi connectivity index (χ0) is 25.8. The predicted molar refractivity (Wildman–Crippen MR) is 131 cm³/mol. The number of nitrogens with one attached hydrogen (secondary N) is 2. The lowest BCUT2D eigenvalue weighted by Gasteiger charge is -2.31. The fourth-order valence-electron chi connectivity index (χ4n) is 4.42. The first-order chi connectivity index (χ1) is 17.1. The van der Waals surface area contributed by atoms with Crippen molar-refractivity contribution in [2.24, 2.45) is 0 Å². The molecule has 2 aromatic carbocycles. The highest BCUT2D eigenvalue weighted by atomic mass is 19.4. The van der Waals surface area contributed by atoms with Gasteiger partial charge in [0.1, 0.15) is 12.3 Å². The topological polar surface area (TPSA) is 79.7 Å². The van der Waals surface area contributed by atoms with Crippen LogP contribution in [0.2, 0.25) is 0 Å². The summed E-state index contributed by atoms with van der Waals surface area (Å²) >= 11 is 0. The van der Waals surface area contributed by atoms with Crippen molar-refractivity contribution in [3.8, 4) is 5.75 Å². The van der Waals surface area contributed by atoms with Crippen molar-refractivity contribution < 1.29 is 22.8 Å². The van der Waals surface area contributed by atoms with Crippen LogP contribution in [0.3, 0.4) is 0 Å². The number of nitro groups is 1. The molecule has 4 rings (SSSR count). The third-order valence-corrected chi connectivity index (χ3v) is 6.55. The van der Waals surface area contributed by atoms with E-state index < -0.39 is 22.3 Å². The lowest BCUT2D eigenvalue weighted by atomic mass is 9.89. The van der Waals surface area contributed by atoms with Gasteiger partial charge in [0, 0.05) is 25.0 Å². The summed E-state index contributed by atoms with van der Waals surface area (Å²) in [5.74, 6) is 0.457. The summed E-state index contributed by atoms with van der Waals surface area (Å²) in [5, 5.41) is 17.9. The van der Waals surface area contributed by atoms with Crippen LogP contribution >= 0.6 is 0 Å². The van der Waals surface area contributed by atoms with E-state index >= 15 is 0 Å². The van der Waals surface area contributed by atoms with E-state index in [1.165, 1.54) is 12.1 Å². The van der Waals surface area contributed by atoms with E-state index in [1.807, 2.05) is 25.1 Å². The van der Waals surface area contributed by atoms with Crippen molar-refractivity contribution in [1.29, 1.82) is 0 Å². The quantitative estimate of drug-likeness (QED) is 0.379. The molecule has 7 nitrogen and oxygen atoms in total. The molecule has 2 aromatic rings. The van der Waals surface area contributed by atoms with Crippen LogP contribution < -0.4 is 15.4 Å². The van der Waals surface area contributed by atoms with Crippen molar-refractivity contribution >= 4 is 11.8 Å². The van der Waals surface area contributed by atoms with Gasteiger partial charge < -0.3 is 15.4 Å². The molecule has 0 aromatic heterocycles. The standard InChI is InChI=1S/C26H29F3N4O3/c1-25(30-12-13-31-25)18-36-24-9-6-21(17-23(24)33(34)35)20-10-15-32(16-11-20)14-2-3-19-4-7-22(8-5-19)26(27,28)29/h2-9,12-13,17,20,30-31H,10-11,14-16,18H2,1H3. The average Bonchev–Trinajstić information content (AvgIpc) is 3.29. The van der Waals surface area contributed by atoms with E-state index in [2.05, 4.69) is 15.5 Å². The normalized spacial score (nSPS) is 18.2. The zero-order valence-corrected chi connectivity index (χ0v) is 19.9. The zero-order valence-electron chi connectivity index (χ0n) is 19.9. The third kappa shape index (κ3) is 6.37. The summed E-state index contributed by atoms with van der Waals surface area (Å²) < 4.78 is 43.8. The molecule has 0 aliphatic carbocycles. The number of ether oxygens (including phenoxy) is 1. The summed E-state index contributed by atoms with van der Waals surface area (Å²) in [6.45, 7) is 4.47. The Balaban J connectivity index is 1.30. The Morgan fingerprint density at radius 1 is 1.14 bits per heavy atom. The molecule has 0 atom stereocenters. The number of nitrogens with zero attached hydrogens (tertiary/aromatic N) is 2. The highest BCUT2D eigenvalue weighted by Gasteiger charge is 2.30. The minimum absolute atomic E-state index is 0.0380. The molecular formula is C26H29F3N4O3. The lowest BCUT2D eigenvalue weighted by Crippen LogP contribution is -2.50. The Morgan fingerprint density at radius 2 is 1.81 bits per heavy atom. The van der Waals surface area contributed by atoms with Gasteiger partial charge in [-0.2, -0.15) is 13.2 Å². The number of alkyl halides is 3. The molecule has 2 heterocycles. The van der Waals surface area contributed by atoms with E-state index in [-0.39, 0.29) is 24.0 Å². The molecule has 0 bridgehead atoms. The van der Waals surface area contributed by atoms with Gasteiger partial charge >= 0.3 is 11.9 Å². The molecule has 0 saturated carbocycles. The first kappa shape index (κ1) is 25.6. The van der Waals surface area contributed by atoms with Crippen LogP contribution in [0.4, 0.5) is 18.9 Å². The van der Waals surface area contributed by atoms with E-state index in [9.17, 15) is 23.3 Å². The van der Waals surface area contributed by atoms with E-state index in [1.54, 1.807) is 24.5 Å². The van der Waals surface area contributed by atoms with Crippen molar-refractivity contribution in [2.45, 2.75) is 37.5 Å². The highest BCUT2D eigenvalue weighted by molar-refractivity contribution is 5.51. The number of nitro benzene ring substituents is 1. The van der Waals surface area contributed by atoms with Gasteiger partial charge in [-0.15, -0.1) is 0 Å². The SMILES string of the molecule is CC1(COc2ccc(C3CCN(CC=Cc4ccc(C(F)(F)F)cc4)CC3)cc2[N+](=O)[O-])NC=CN1. The summed E-state index contributed by atoms with van der Waals surface area (Å²) in [4.78, 5) is 13.6. The van der Waals surface area contributed by atoms with Crippen molar-refractivity contribution in [2.75, 3.05) is 26.2 Å². The maximum absolute atomic E-state index is 12.7. The van der Waals surface area contributed by atoms with Gasteiger partial charge in [-0.05, 0) is 68.1 Å². The Labute approximate surface area is 207 Å². The summed E-state index contributed by atoms with van der Waals surface area (Å²) in [5.41, 5.74) is 0.441. The van der Waals surface area contributed by atoms with Crippen molar-refractivity contribution in [3.05, 3.63) is 87.7 Å². The Morgan fingerprint density at radius 3 is 2.42 bits per heavy atom. The van der Waals surface area contributed by atoms with E-state index in [4.69, 9.17) is 4.74 Å². The second kappa shape index (κ2) is 10.6. The largest absolute Gasteiger partial charge is 0.482 e. The van der Waals surface area contributed by atoms with Crippen LogP contribution in [0.5, 0.6) is 5.75 Å². The van der Waals surface area contributed by atoms with Crippen molar-refractivity contribution in [1.82, 2.24) is 15.5 Å². The highest BCUT2D eigenvalue weighted by Crippen LogP contribution is 2.35.